The van der Waals surface area contributed by atoms with Crippen LogP contribution < -0.4 is 0 Å². The van der Waals surface area contributed by atoms with Crippen LogP contribution in [0.3, 0.4) is 0 Å². The lowest BCUT2D eigenvalue weighted by atomic mass is 9.80. The third-order valence-corrected chi connectivity index (χ3v) is 14.8. The highest BCUT2D eigenvalue weighted by Gasteiger charge is 2.58. The van der Waals surface area contributed by atoms with Gasteiger partial charge in [0.15, 0.2) is 43.3 Å². The third kappa shape index (κ3) is 19.9. The Morgan fingerprint density at radius 1 is 0.513 bits per heavy atom. The topological polar surface area (TPSA) is 322 Å². The monoisotopic (exact) mass is 1090 g/mol. The van der Waals surface area contributed by atoms with Crippen molar-refractivity contribution in [1.82, 2.24) is 0 Å². The van der Waals surface area contributed by atoms with Gasteiger partial charge in [0, 0.05) is 38.7 Å². The van der Waals surface area contributed by atoms with E-state index >= 15 is 0 Å². The van der Waals surface area contributed by atoms with Crippen molar-refractivity contribution in [3.05, 3.63) is 0 Å². The molecule has 442 valence electrons. The molecule has 1 unspecified atom stereocenters. The standard InChI is InChI=1S/C54H94O22/c1-8-11-12-13-14-17-20-25-35(26-21-18-15-16-19-24-30(4)56)71-36-27-34(28-55)42(62)44(64)47(36)75-54-51(76-53-46(66)49(41(61)32(6)69-53)73-38(58)22-9-2)50(74-39(59)23-10-3)48(70-33(7)57)37(72-54)29-67-52-45(65)43(63)40(60)31(5)68-52/h31-32,34-37,40-55,60-66H,8-29H2,1-7H3/t31-,32+,34-,35?,36-,37-,40+,41+,42-,43+,44+,45+,46+,47+,48-,49-,50+,51-,52-,53+,54+/m1/s1. The number of ketones is 1. The van der Waals surface area contributed by atoms with Crippen molar-refractivity contribution in [3.8, 4) is 0 Å². The fraction of sp³-hybridized carbons (Fsp3) is 0.926. The van der Waals surface area contributed by atoms with Crippen LogP contribution in [-0.4, -0.2) is 200 Å². The summed E-state index contributed by atoms with van der Waals surface area (Å²) < 4.78 is 61.9. The minimum absolute atomic E-state index is 0.00165. The lowest BCUT2D eigenvalue weighted by molar-refractivity contribution is -0.383. The summed E-state index contributed by atoms with van der Waals surface area (Å²) in [6.45, 7) is 10.0. The molecule has 3 heterocycles. The van der Waals surface area contributed by atoms with Gasteiger partial charge >= 0.3 is 17.9 Å². The van der Waals surface area contributed by atoms with Gasteiger partial charge in [-0.3, -0.25) is 14.4 Å². The Morgan fingerprint density at radius 2 is 1.07 bits per heavy atom. The van der Waals surface area contributed by atoms with E-state index in [4.69, 9.17) is 47.4 Å². The SMILES string of the molecule is CCCCCCCCCC(CCCCCCCC(C)=O)O[C@@H]1C[C@H](CO)[C@@H](O)[C@H](O)[C@H]1O[C@@H]1O[C@H](CO[C@@H]2O[C@H](C)[C@H](O)[C@H](O)[C@@H]2O)[C@@H](OC(C)=O)[C@H](OC(=O)CCC)[C@H]1O[C@@H]1O[C@@H](C)[C@H](O)[C@@H](OC(=O)CCC)[C@@H]1O. The molecule has 0 aromatic rings. The molecule has 0 radical (unpaired) electrons. The molecule has 3 aliphatic heterocycles. The zero-order valence-electron chi connectivity index (χ0n) is 46.0. The molecule has 1 saturated carbocycles. The Bertz CT molecular complexity index is 1690. The number of aliphatic hydroxyl groups is 8. The van der Waals surface area contributed by atoms with Crippen molar-refractivity contribution in [2.75, 3.05) is 13.2 Å². The number of carbonyl (C=O) groups excluding carboxylic acids is 4. The maximum Gasteiger partial charge on any atom is 0.306 e. The van der Waals surface area contributed by atoms with Gasteiger partial charge in [0.1, 0.15) is 54.6 Å². The van der Waals surface area contributed by atoms with Crippen molar-refractivity contribution in [1.29, 1.82) is 0 Å². The van der Waals surface area contributed by atoms with Gasteiger partial charge in [-0.25, -0.2) is 0 Å². The summed E-state index contributed by atoms with van der Waals surface area (Å²) in [6, 6.07) is 0. The number of unbranched alkanes of at least 4 members (excludes halogenated alkanes) is 10. The summed E-state index contributed by atoms with van der Waals surface area (Å²) in [5.41, 5.74) is 0. The van der Waals surface area contributed by atoms with E-state index in [1.165, 1.54) is 13.8 Å². The molecule has 3 saturated heterocycles. The maximum atomic E-state index is 13.7. The van der Waals surface area contributed by atoms with Crippen LogP contribution in [0.2, 0.25) is 0 Å². The van der Waals surface area contributed by atoms with Crippen molar-refractivity contribution in [2.24, 2.45) is 5.92 Å². The minimum atomic E-state index is -1.90. The lowest BCUT2D eigenvalue weighted by Gasteiger charge is -2.50. The van der Waals surface area contributed by atoms with E-state index in [0.717, 1.165) is 84.0 Å². The van der Waals surface area contributed by atoms with Gasteiger partial charge in [0.25, 0.3) is 0 Å². The average Bonchev–Trinajstić information content (AvgIpc) is 3.37. The molecular formula is C54H94O22. The number of aliphatic hydroxyl groups excluding tert-OH is 8. The molecule has 22 nitrogen and oxygen atoms in total. The first-order chi connectivity index (χ1) is 36.3. The van der Waals surface area contributed by atoms with Crippen molar-refractivity contribution < 1.29 is 107 Å². The molecule has 76 heavy (non-hydrogen) atoms. The van der Waals surface area contributed by atoms with Crippen LogP contribution in [-0.2, 0) is 66.5 Å². The van der Waals surface area contributed by atoms with E-state index in [0.29, 0.717) is 32.1 Å². The first-order valence-corrected chi connectivity index (χ1v) is 28.2. The van der Waals surface area contributed by atoms with Crippen LogP contribution >= 0.6 is 0 Å². The molecule has 0 bridgehead atoms. The van der Waals surface area contributed by atoms with Crippen LogP contribution in [0.5, 0.6) is 0 Å². The molecule has 0 aromatic carbocycles. The first-order valence-electron chi connectivity index (χ1n) is 28.2. The summed E-state index contributed by atoms with van der Waals surface area (Å²) in [5.74, 6) is -3.12. The minimum Gasteiger partial charge on any atom is -0.456 e. The Hall–Kier alpha value is -2.52. The van der Waals surface area contributed by atoms with Gasteiger partial charge in [-0.05, 0) is 59.3 Å². The first kappa shape index (κ1) is 66.0. The molecule has 0 spiro atoms. The summed E-state index contributed by atoms with van der Waals surface area (Å²) in [7, 11) is 0. The second-order valence-electron chi connectivity index (χ2n) is 21.3. The summed E-state index contributed by atoms with van der Waals surface area (Å²) in [6.07, 6.45) is -16.1. The summed E-state index contributed by atoms with van der Waals surface area (Å²) in [4.78, 5) is 51.0. The molecule has 0 aromatic heterocycles. The Labute approximate surface area is 448 Å². The number of rotatable bonds is 33. The Kier molecular flexibility index (Phi) is 29.5. The fourth-order valence-electron chi connectivity index (χ4n) is 10.3. The molecular weight excluding hydrogens is 1000 g/mol. The number of Topliss-reactive ketones (excluding diaryl/α,β-unsaturated/α-hetero) is 1. The maximum absolute atomic E-state index is 13.7. The summed E-state index contributed by atoms with van der Waals surface area (Å²) in [5, 5.41) is 89.0. The van der Waals surface area contributed by atoms with Crippen molar-refractivity contribution in [2.45, 2.75) is 300 Å². The molecule has 1 aliphatic carbocycles. The molecule has 4 aliphatic rings. The van der Waals surface area contributed by atoms with Gasteiger partial charge < -0.3 is 93.0 Å². The molecule has 22 heteroatoms. The number of hydrogen-bond acceptors (Lipinski definition) is 22. The molecule has 21 atom stereocenters. The van der Waals surface area contributed by atoms with Crippen molar-refractivity contribution in [3.63, 3.8) is 0 Å². The molecule has 4 rings (SSSR count). The highest BCUT2D eigenvalue weighted by molar-refractivity contribution is 5.75. The number of carbonyl (C=O) groups is 4. The quantitative estimate of drug-likeness (QED) is 0.0266. The third-order valence-electron chi connectivity index (χ3n) is 14.8. The van der Waals surface area contributed by atoms with Gasteiger partial charge in [-0.2, -0.15) is 0 Å². The number of esters is 3. The van der Waals surface area contributed by atoms with Gasteiger partial charge in [-0.15, -0.1) is 0 Å². The zero-order valence-corrected chi connectivity index (χ0v) is 46.0. The van der Waals surface area contributed by atoms with Gasteiger partial charge in [-0.1, -0.05) is 91.4 Å². The predicted octanol–water partition coefficient (Wildman–Crippen LogP) is 3.10. The molecule has 8 N–H and O–H groups in total. The van der Waals surface area contributed by atoms with E-state index in [9.17, 15) is 60.0 Å². The zero-order chi connectivity index (χ0) is 56.1. The largest absolute Gasteiger partial charge is 0.456 e. The highest BCUT2D eigenvalue weighted by atomic mass is 16.8. The van der Waals surface area contributed by atoms with Crippen molar-refractivity contribution >= 4 is 23.7 Å². The normalized spacial score (nSPS) is 36.3. The Balaban J connectivity index is 1.79. The van der Waals surface area contributed by atoms with Crippen LogP contribution in [0.1, 0.15) is 177 Å². The fourth-order valence-corrected chi connectivity index (χ4v) is 10.3. The smallest absolute Gasteiger partial charge is 0.306 e. The Morgan fingerprint density at radius 3 is 1.64 bits per heavy atom. The van der Waals surface area contributed by atoms with Gasteiger partial charge in [0.2, 0.25) is 0 Å². The van der Waals surface area contributed by atoms with E-state index < -0.39 is 154 Å². The van der Waals surface area contributed by atoms with Crippen LogP contribution in [0.15, 0.2) is 0 Å². The average molecular weight is 1100 g/mol. The molecule has 4 fully saturated rings. The van der Waals surface area contributed by atoms with E-state index in [2.05, 4.69) is 6.92 Å². The predicted molar refractivity (Wildman–Crippen MR) is 270 cm³/mol. The summed E-state index contributed by atoms with van der Waals surface area (Å²) >= 11 is 0. The second kappa shape index (κ2) is 33.9. The second-order valence-corrected chi connectivity index (χ2v) is 21.3. The van der Waals surface area contributed by atoms with Crippen LogP contribution in [0, 0.1) is 5.92 Å². The lowest BCUT2D eigenvalue weighted by Crippen LogP contribution is -2.67. The van der Waals surface area contributed by atoms with E-state index in [1.54, 1.807) is 20.8 Å². The van der Waals surface area contributed by atoms with Crippen LogP contribution in [0.25, 0.3) is 0 Å². The van der Waals surface area contributed by atoms with Crippen LogP contribution in [0.4, 0.5) is 0 Å². The molecule has 0 amide bonds. The number of hydrogen-bond donors (Lipinski definition) is 8. The highest BCUT2D eigenvalue weighted by Crippen LogP contribution is 2.39. The number of ether oxygens (including phenoxy) is 10. The van der Waals surface area contributed by atoms with E-state index in [-0.39, 0.29) is 31.1 Å². The van der Waals surface area contributed by atoms with E-state index in [1.807, 2.05) is 0 Å². The van der Waals surface area contributed by atoms with Gasteiger partial charge in [0.05, 0.1) is 37.1 Å².